The molecule has 0 unspecified atom stereocenters. The molecule has 0 bridgehead atoms. The maximum absolute atomic E-state index is 12.9. The smallest absolute Gasteiger partial charge is 0.328 e. The van der Waals surface area contributed by atoms with Crippen LogP contribution in [0.1, 0.15) is 17.3 Å². The summed E-state index contributed by atoms with van der Waals surface area (Å²) in [5.41, 5.74) is 0.156. The Hall–Kier alpha value is -1.22. The normalized spacial score (nSPS) is 13.8. The topological polar surface area (TPSA) is 86.6 Å². The van der Waals surface area contributed by atoms with E-state index in [1.54, 1.807) is 22.6 Å². The molecule has 2 atom stereocenters. The van der Waals surface area contributed by atoms with E-state index in [0.29, 0.717) is 3.57 Å². The number of carbonyl (C=O) groups is 2. The number of carboxylic acids is 1. The first-order valence-electron chi connectivity index (χ1n) is 4.99. The second-order valence-corrected chi connectivity index (χ2v) is 4.82. The van der Waals surface area contributed by atoms with Crippen molar-refractivity contribution < 1.29 is 24.2 Å². The minimum absolute atomic E-state index is 0.156. The van der Waals surface area contributed by atoms with Crippen molar-refractivity contribution in [3.05, 3.63) is 33.1 Å². The van der Waals surface area contributed by atoms with E-state index in [-0.39, 0.29) is 5.56 Å². The molecule has 1 rings (SSSR count). The number of nitrogens with one attached hydrogen (secondary N) is 1. The van der Waals surface area contributed by atoms with Gasteiger partial charge in [0.15, 0.2) is 6.04 Å². The molecule has 1 aromatic carbocycles. The molecule has 0 heterocycles. The molecule has 5 nitrogen and oxygen atoms in total. The van der Waals surface area contributed by atoms with Crippen molar-refractivity contribution in [3.63, 3.8) is 0 Å². The molecule has 3 N–H and O–H groups in total. The molecule has 1 aromatic rings. The predicted octanol–water partition coefficient (Wildman–Crippen LogP) is 0.994. The van der Waals surface area contributed by atoms with Gasteiger partial charge in [-0.25, -0.2) is 9.18 Å². The van der Waals surface area contributed by atoms with Gasteiger partial charge in [-0.05, 0) is 47.7 Å². The first-order valence-corrected chi connectivity index (χ1v) is 6.07. The Morgan fingerprint density at radius 1 is 1.44 bits per heavy atom. The second kappa shape index (κ2) is 6.10. The Bertz CT molecular complexity index is 478. The zero-order valence-corrected chi connectivity index (χ0v) is 11.5. The van der Waals surface area contributed by atoms with Crippen molar-refractivity contribution in [2.75, 3.05) is 0 Å². The summed E-state index contributed by atoms with van der Waals surface area (Å²) in [5, 5.41) is 20.2. The van der Waals surface area contributed by atoms with Crippen molar-refractivity contribution >= 4 is 34.5 Å². The second-order valence-electron chi connectivity index (χ2n) is 3.65. The minimum atomic E-state index is -1.40. The fourth-order valence-electron chi connectivity index (χ4n) is 1.28. The van der Waals surface area contributed by atoms with Crippen molar-refractivity contribution in [2.45, 2.75) is 19.1 Å². The monoisotopic (exact) mass is 367 g/mol. The summed E-state index contributed by atoms with van der Waals surface area (Å²) in [6, 6.07) is 2.12. The van der Waals surface area contributed by atoms with Gasteiger partial charge in [0.25, 0.3) is 5.91 Å². The first-order chi connectivity index (χ1) is 8.32. The van der Waals surface area contributed by atoms with Gasteiger partial charge in [-0.3, -0.25) is 4.79 Å². The Labute approximate surface area is 116 Å². The van der Waals surface area contributed by atoms with E-state index in [4.69, 9.17) is 5.11 Å². The van der Waals surface area contributed by atoms with Crippen molar-refractivity contribution in [1.29, 1.82) is 0 Å². The number of rotatable bonds is 4. The molecule has 18 heavy (non-hydrogen) atoms. The number of aliphatic carboxylic acids is 1. The van der Waals surface area contributed by atoms with Crippen LogP contribution in [0.2, 0.25) is 0 Å². The van der Waals surface area contributed by atoms with E-state index in [0.717, 1.165) is 12.1 Å². The number of aliphatic hydroxyl groups is 1. The number of aliphatic hydroxyl groups excluding tert-OH is 1. The molecule has 0 aliphatic rings. The third-order valence-corrected chi connectivity index (χ3v) is 3.10. The Balaban J connectivity index is 2.91. The van der Waals surface area contributed by atoms with Crippen LogP contribution < -0.4 is 5.32 Å². The van der Waals surface area contributed by atoms with Crippen LogP contribution >= 0.6 is 22.6 Å². The van der Waals surface area contributed by atoms with Gasteiger partial charge in [0.2, 0.25) is 0 Å². The summed E-state index contributed by atoms with van der Waals surface area (Å²) in [6.07, 6.45) is -1.23. The zero-order valence-electron chi connectivity index (χ0n) is 9.35. The van der Waals surface area contributed by atoms with Gasteiger partial charge in [0.1, 0.15) is 5.82 Å². The lowest BCUT2D eigenvalue weighted by atomic mass is 10.1. The Morgan fingerprint density at radius 3 is 2.50 bits per heavy atom. The van der Waals surface area contributed by atoms with E-state index in [2.05, 4.69) is 5.32 Å². The number of carboxylic acid groups (broad SMARTS) is 1. The summed E-state index contributed by atoms with van der Waals surface area (Å²) >= 11 is 1.77. The standard InChI is InChI=1S/C11H11FINO4/c1-5(15)9(11(17)18)14-10(16)7-3-2-6(12)4-8(7)13/h2-5,9,15H,1H3,(H,14,16)(H,17,18)/t5-,9+/m1/s1. The quantitative estimate of drug-likeness (QED) is 0.693. The molecule has 0 aromatic heterocycles. The number of hydrogen-bond acceptors (Lipinski definition) is 3. The van der Waals surface area contributed by atoms with Crippen molar-refractivity contribution in [3.8, 4) is 0 Å². The van der Waals surface area contributed by atoms with Crippen LogP contribution in [0, 0.1) is 9.39 Å². The van der Waals surface area contributed by atoms with Gasteiger partial charge in [0.05, 0.1) is 11.7 Å². The summed E-state index contributed by atoms with van der Waals surface area (Å²) < 4.78 is 13.2. The Kier molecular flexibility index (Phi) is 5.03. The van der Waals surface area contributed by atoms with Crippen molar-refractivity contribution in [1.82, 2.24) is 5.32 Å². The molecule has 7 heteroatoms. The highest BCUT2D eigenvalue weighted by Gasteiger charge is 2.26. The largest absolute Gasteiger partial charge is 0.480 e. The summed E-state index contributed by atoms with van der Waals surface area (Å²) in [6.45, 7) is 1.26. The molecule has 0 radical (unpaired) electrons. The number of benzene rings is 1. The van der Waals surface area contributed by atoms with Crippen molar-refractivity contribution in [2.24, 2.45) is 0 Å². The van der Waals surface area contributed by atoms with Crippen LogP contribution in [0.4, 0.5) is 4.39 Å². The highest BCUT2D eigenvalue weighted by atomic mass is 127. The molecule has 0 saturated carbocycles. The molecule has 0 aliphatic heterocycles. The number of halogens is 2. The average Bonchev–Trinajstić information content (AvgIpc) is 2.24. The predicted molar refractivity (Wildman–Crippen MR) is 69.7 cm³/mol. The summed E-state index contributed by atoms with van der Waals surface area (Å²) in [5.74, 6) is -2.50. The lowest BCUT2D eigenvalue weighted by molar-refractivity contribution is -0.141. The zero-order chi connectivity index (χ0) is 13.9. The molecule has 0 saturated heterocycles. The number of carbonyl (C=O) groups excluding carboxylic acids is 1. The average molecular weight is 367 g/mol. The highest BCUT2D eigenvalue weighted by molar-refractivity contribution is 14.1. The summed E-state index contributed by atoms with van der Waals surface area (Å²) in [4.78, 5) is 22.6. The third-order valence-electron chi connectivity index (χ3n) is 2.21. The van der Waals surface area contributed by atoms with E-state index < -0.39 is 29.8 Å². The minimum Gasteiger partial charge on any atom is -0.480 e. The van der Waals surface area contributed by atoms with Crippen LogP contribution in [-0.4, -0.2) is 34.2 Å². The van der Waals surface area contributed by atoms with Crippen LogP contribution in [0.15, 0.2) is 18.2 Å². The van der Waals surface area contributed by atoms with Crippen LogP contribution in [-0.2, 0) is 4.79 Å². The van der Waals surface area contributed by atoms with Gasteiger partial charge in [-0.15, -0.1) is 0 Å². The maximum atomic E-state index is 12.9. The molecule has 0 spiro atoms. The molecular formula is C11H11FINO4. The summed E-state index contributed by atoms with van der Waals surface area (Å²) in [7, 11) is 0. The Morgan fingerprint density at radius 2 is 2.06 bits per heavy atom. The SMILES string of the molecule is C[C@@H](O)[C@H](NC(=O)c1ccc(F)cc1I)C(=O)O. The van der Waals surface area contributed by atoms with E-state index in [1.165, 1.54) is 13.0 Å². The van der Waals surface area contributed by atoms with E-state index in [9.17, 15) is 19.1 Å². The number of hydrogen-bond donors (Lipinski definition) is 3. The molecule has 0 aliphatic carbocycles. The molecule has 98 valence electrons. The lowest BCUT2D eigenvalue weighted by Crippen LogP contribution is -2.47. The first kappa shape index (κ1) is 14.8. The van der Waals surface area contributed by atoms with Gasteiger partial charge in [-0.1, -0.05) is 0 Å². The fourth-order valence-corrected chi connectivity index (χ4v) is 2.00. The lowest BCUT2D eigenvalue weighted by Gasteiger charge is -2.17. The molecule has 1 amide bonds. The van der Waals surface area contributed by atoms with E-state index in [1.807, 2.05) is 0 Å². The van der Waals surface area contributed by atoms with E-state index >= 15 is 0 Å². The van der Waals surface area contributed by atoms with Gasteiger partial charge in [-0.2, -0.15) is 0 Å². The van der Waals surface area contributed by atoms with Crippen LogP contribution in [0.5, 0.6) is 0 Å². The molecular weight excluding hydrogens is 356 g/mol. The molecule has 0 fully saturated rings. The van der Waals surface area contributed by atoms with Crippen LogP contribution in [0.25, 0.3) is 0 Å². The van der Waals surface area contributed by atoms with Gasteiger partial charge >= 0.3 is 5.97 Å². The van der Waals surface area contributed by atoms with Gasteiger partial charge < -0.3 is 15.5 Å². The fraction of sp³-hybridized carbons (Fsp3) is 0.273. The van der Waals surface area contributed by atoms with Crippen LogP contribution in [0.3, 0.4) is 0 Å². The highest BCUT2D eigenvalue weighted by Crippen LogP contribution is 2.14. The van der Waals surface area contributed by atoms with Gasteiger partial charge in [0, 0.05) is 3.57 Å². The third kappa shape index (κ3) is 3.64. The number of amides is 1. The maximum Gasteiger partial charge on any atom is 0.328 e.